The van der Waals surface area contributed by atoms with Gasteiger partial charge in [-0.05, 0) is 42.0 Å². The van der Waals surface area contributed by atoms with Crippen molar-refractivity contribution in [3.05, 3.63) is 59.8 Å². The lowest BCUT2D eigenvalue weighted by atomic mass is 9.97. The molecule has 2 atom stereocenters. The van der Waals surface area contributed by atoms with E-state index in [0.717, 1.165) is 18.4 Å². The van der Waals surface area contributed by atoms with Gasteiger partial charge in [-0.1, -0.05) is 43.7 Å². The Bertz CT molecular complexity index is 1320. The number of sulfone groups is 1. The van der Waals surface area contributed by atoms with Crippen LogP contribution >= 0.6 is 0 Å². The number of morpholine rings is 1. The Morgan fingerprint density at radius 1 is 1.13 bits per heavy atom. The van der Waals surface area contributed by atoms with Crippen molar-refractivity contribution in [2.45, 2.75) is 49.7 Å². The van der Waals surface area contributed by atoms with Gasteiger partial charge in [-0.25, -0.2) is 18.2 Å². The van der Waals surface area contributed by atoms with E-state index in [1.807, 2.05) is 37.3 Å². The van der Waals surface area contributed by atoms with Gasteiger partial charge in [0.25, 0.3) is 10.2 Å². The number of ether oxygens (including phenoxy) is 2. The Hall–Kier alpha value is -2.58. The lowest BCUT2D eigenvalue weighted by Gasteiger charge is -2.32. The number of pyridine rings is 1. The van der Waals surface area contributed by atoms with Crippen LogP contribution in [0, 0.1) is 0 Å². The second-order valence-corrected chi connectivity index (χ2v) is 13.6. The Kier molecular flexibility index (Phi) is 9.94. The maximum atomic E-state index is 13.6. The summed E-state index contributed by atoms with van der Waals surface area (Å²) in [6.45, 7) is 3.63. The number of benzene rings is 1. The standard InChI is InChI=1S/C26H36N4O7S2/c1-2-3-13-37-26(31)28-18-21-9-10-27-25(16-21)38(32,33)20-24-17-23(22-7-5-4-6-8-22)19-30(24)39(34,35)29-11-14-36-15-12-29/h4-10,16,23-24H,2-3,11-15,17-20H2,1H3,(H,28,31). The van der Waals surface area contributed by atoms with Gasteiger partial charge in [0.05, 0.1) is 25.6 Å². The average Bonchev–Trinajstić information content (AvgIpc) is 3.37. The summed E-state index contributed by atoms with van der Waals surface area (Å²) in [7, 11) is -7.86. The zero-order valence-corrected chi connectivity index (χ0v) is 23.7. The molecular weight excluding hydrogens is 544 g/mol. The molecule has 2 aliphatic rings. The van der Waals surface area contributed by atoms with Crippen LogP contribution in [-0.2, 0) is 36.1 Å². The summed E-state index contributed by atoms with van der Waals surface area (Å²) in [6, 6.07) is 11.8. The van der Waals surface area contributed by atoms with Crippen molar-refractivity contribution in [3.63, 3.8) is 0 Å². The minimum Gasteiger partial charge on any atom is -0.450 e. The van der Waals surface area contributed by atoms with Crippen LogP contribution in [0.15, 0.2) is 53.7 Å². The topological polar surface area (TPSA) is 135 Å². The summed E-state index contributed by atoms with van der Waals surface area (Å²) in [4.78, 5) is 15.9. The lowest BCUT2D eigenvalue weighted by molar-refractivity contribution is 0.0700. The quantitative estimate of drug-likeness (QED) is 0.400. The summed E-state index contributed by atoms with van der Waals surface area (Å²) in [5, 5.41) is 2.45. The third kappa shape index (κ3) is 7.54. The molecule has 13 heteroatoms. The zero-order valence-electron chi connectivity index (χ0n) is 22.1. The first-order valence-corrected chi connectivity index (χ1v) is 16.2. The molecule has 11 nitrogen and oxygen atoms in total. The maximum absolute atomic E-state index is 13.6. The summed E-state index contributed by atoms with van der Waals surface area (Å²) in [5.41, 5.74) is 1.51. The number of carbonyl (C=O) groups is 1. The SMILES string of the molecule is CCCCOC(=O)NCc1ccnc(S(=O)(=O)CC2CC(c3ccccc3)CN2S(=O)(=O)N2CCOCC2)c1. The monoisotopic (exact) mass is 580 g/mol. The van der Waals surface area contributed by atoms with Gasteiger partial charge < -0.3 is 14.8 Å². The molecule has 0 spiro atoms. The molecule has 0 bridgehead atoms. The largest absolute Gasteiger partial charge is 0.450 e. The Morgan fingerprint density at radius 2 is 1.87 bits per heavy atom. The summed E-state index contributed by atoms with van der Waals surface area (Å²) < 4.78 is 67.4. The van der Waals surface area contributed by atoms with Crippen LogP contribution in [0.5, 0.6) is 0 Å². The normalized spacial score (nSPS) is 21.1. The number of aromatic nitrogens is 1. The smallest absolute Gasteiger partial charge is 0.407 e. The first-order valence-electron chi connectivity index (χ1n) is 13.2. The molecule has 2 unspecified atom stereocenters. The van der Waals surface area contributed by atoms with E-state index in [-0.39, 0.29) is 37.1 Å². The van der Waals surface area contributed by atoms with E-state index in [1.54, 1.807) is 6.07 Å². The molecule has 1 aromatic carbocycles. The molecule has 214 valence electrons. The van der Waals surface area contributed by atoms with Gasteiger partial charge >= 0.3 is 6.09 Å². The minimum absolute atomic E-state index is 0.0764. The molecular formula is C26H36N4O7S2. The second kappa shape index (κ2) is 13.2. The third-order valence-electron chi connectivity index (χ3n) is 6.93. The number of carbonyl (C=O) groups excluding carboxylic acids is 1. The van der Waals surface area contributed by atoms with Crippen molar-refractivity contribution in [1.82, 2.24) is 18.9 Å². The number of hydrogen-bond acceptors (Lipinski definition) is 8. The molecule has 4 rings (SSSR count). The van der Waals surface area contributed by atoms with Crippen molar-refractivity contribution in [3.8, 4) is 0 Å². The fourth-order valence-corrected chi connectivity index (χ4v) is 8.27. The van der Waals surface area contributed by atoms with Gasteiger partial charge in [-0.2, -0.15) is 17.0 Å². The highest BCUT2D eigenvalue weighted by molar-refractivity contribution is 7.91. The number of unbranched alkanes of at least 4 members (excludes halogenated alkanes) is 1. The maximum Gasteiger partial charge on any atom is 0.407 e. The van der Waals surface area contributed by atoms with Gasteiger partial charge in [0.2, 0.25) is 0 Å². The molecule has 2 aromatic rings. The van der Waals surface area contributed by atoms with Crippen molar-refractivity contribution >= 4 is 26.1 Å². The second-order valence-electron chi connectivity index (χ2n) is 9.71. The van der Waals surface area contributed by atoms with Crippen LogP contribution in [-0.4, -0.2) is 87.8 Å². The number of nitrogens with zero attached hydrogens (tertiary/aromatic N) is 3. The number of amides is 1. The predicted octanol–water partition coefficient (Wildman–Crippen LogP) is 2.32. The van der Waals surface area contributed by atoms with Gasteiger partial charge in [0.15, 0.2) is 14.9 Å². The van der Waals surface area contributed by atoms with Crippen molar-refractivity contribution in [1.29, 1.82) is 0 Å². The molecule has 3 heterocycles. The number of alkyl carbamates (subject to hydrolysis) is 1. The lowest BCUT2D eigenvalue weighted by Crippen LogP contribution is -2.51. The highest BCUT2D eigenvalue weighted by atomic mass is 32.2. The van der Waals surface area contributed by atoms with Crippen LogP contribution in [0.4, 0.5) is 4.79 Å². The van der Waals surface area contributed by atoms with Crippen molar-refractivity contribution in [2.75, 3.05) is 45.2 Å². The molecule has 0 aliphatic carbocycles. The van der Waals surface area contributed by atoms with Gasteiger partial charge in [-0.15, -0.1) is 0 Å². The zero-order chi connectivity index (χ0) is 27.9. The highest BCUT2D eigenvalue weighted by Crippen LogP contribution is 2.36. The molecule has 1 N–H and O–H groups in total. The molecule has 1 amide bonds. The number of nitrogens with one attached hydrogen (secondary N) is 1. The molecule has 2 aliphatic heterocycles. The van der Waals surface area contributed by atoms with E-state index in [0.29, 0.717) is 31.8 Å². The minimum atomic E-state index is -3.96. The van der Waals surface area contributed by atoms with Crippen LogP contribution in [0.3, 0.4) is 0 Å². The molecule has 39 heavy (non-hydrogen) atoms. The third-order valence-corrected chi connectivity index (χ3v) is 10.7. The Morgan fingerprint density at radius 3 is 2.59 bits per heavy atom. The van der Waals surface area contributed by atoms with Crippen LogP contribution < -0.4 is 5.32 Å². The average molecular weight is 581 g/mol. The highest BCUT2D eigenvalue weighted by Gasteiger charge is 2.45. The summed E-state index contributed by atoms with van der Waals surface area (Å²) in [6.07, 6.45) is 2.83. The first-order chi connectivity index (χ1) is 18.7. The van der Waals surface area contributed by atoms with Crippen molar-refractivity contribution in [2.24, 2.45) is 0 Å². The van der Waals surface area contributed by atoms with Gasteiger partial charge in [0, 0.05) is 38.4 Å². The first kappa shape index (κ1) is 29.4. The van der Waals surface area contributed by atoms with Crippen LogP contribution in [0.1, 0.15) is 43.2 Å². The van der Waals surface area contributed by atoms with E-state index in [2.05, 4.69) is 10.3 Å². The predicted molar refractivity (Wildman–Crippen MR) is 145 cm³/mol. The van der Waals surface area contributed by atoms with E-state index >= 15 is 0 Å². The summed E-state index contributed by atoms with van der Waals surface area (Å²) in [5.74, 6) is -0.535. The number of hydrogen-bond donors (Lipinski definition) is 1. The molecule has 0 radical (unpaired) electrons. The van der Waals surface area contributed by atoms with Crippen LogP contribution in [0.25, 0.3) is 0 Å². The van der Waals surface area contributed by atoms with Gasteiger partial charge in [0.1, 0.15) is 0 Å². The summed E-state index contributed by atoms with van der Waals surface area (Å²) >= 11 is 0. The Balaban J connectivity index is 1.51. The fourth-order valence-electron chi connectivity index (χ4n) is 4.82. The molecule has 1 aromatic heterocycles. The van der Waals surface area contributed by atoms with E-state index in [9.17, 15) is 21.6 Å². The molecule has 2 saturated heterocycles. The number of rotatable bonds is 11. The van der Waals surface area contributed by atoms with Crippen LogP contribution in [0.2, 0.25) is 0 Å². The molecule has 2 fully saturated rings. The Labute approximate surface area is 230 Å². The fraction of sp³-hybridized carbons (Fsp3) is 0.538. The van der Waals surface area contributed by atoms with Crippen molar-refractivity contribution < 1.29 is 31.1 Å². The molecule has 0 saturated carbocycles. The van der Waals surface area contributed by atoms with E-state index < -0.39 is 37.9 Å². The van der Waals surface area contributed by atoms with E-state index in [4.69, 9.17) is 9.47 Å². The van der Waals surface area contributed by atoms with E-state index in [1.165, 1.54) is 20.9 Å². The van der Waals surface area contributed by atoms with Gasteiger partial charge in [-0.3, -0.25) is 0 Å².